The van der Waals surface area contributed by atoms with Gasteiger partial charge in [-0.05, 0) is 10.8 Å². The van der Waals surface area contributed by atoms with Gasteiger partial charge in [0.05, 0.1) is 0 Å². The van der Waals surface area contributed by atoms with Gasteiger partial charge in [-0.15, -0.1) is 106 Å². The topological polar surface area (TPSA) is 0 Å². The molecule has 4 aromatic rings. The Kier molecular flexibility index (Phi) is 25.5. The van der Waals surface area contributed by atoms with Crippen LogP contribution in [0.4, 0.5) is 0 Å². The maximum atomic E-state index is 3.16. The number of benzene rings is 2. The summed E-state index contributed by atoms with van der Waals surface area (Å²) in [5.74, 6) is 0. The Morgan fingerprint density at radius 3 is 0.981 bits per heavy atom. The molecule has 54 heavy (non-hydrogen) atoms. The zero-order valence-corrected chi connectivity index (χ0v) is 42.8. The molecule has 0 amide bonds. The summed E-state index contributed by atoms with van der Waals surface area (Å²) in [4.78, 5) is 0. The first-order chi connectivity index (χ1) is 23.9. The smallest absolute Gasteiger partial charge is 1.00 e. The summed E-state index contributed by atoms with van der Waals surface area (Å²) < 4.78 is 3.01. The van der Waals surface area contributed by atoms with Crippen LogP contribution in [0.5, 0.6) is 0 Å². The first kappa shape index (κ1) is 54.8. The van der Waals surface area contributed by atoms with Gasteiger partial charge in [-0.1, -0.05) is 106 Å². The normalized spacial score (nSPS) is 13.0. The Hall–Kier alpha value is -1.29. The van der Waals surface area contributed by atoms with Gasteiger partial charge in [-0.2, -0.15) is 11.1 Å². The third kappa shape index (κ3) is 21.3. The average molecular weight is 922 g/mol. The van der Waals surface area contributed by atoms with E-state index in [1.807, 2.05) is 12.2 Å². The van der Waals surface area contributed by atoms with Crippen LogP contribution >= 0.6 is 0 Å². The molecule has 0 aromatic heterocycles. The van der Waals surface area contributed by atoms with Crippen LogP contribution in [0, 0.1) is 23.0 Å². The molecule has 0 nitrogen and oxygen atoms in total. The molecule has 0 atom stereocenters. The van der Waals surface area contributed by atoms with Crippen molar-refractivity contribution in [2.24, 2.45) is 10.8 Å². The van der Waals surface area contributed by atoms with E-state index in [1.54, 1.807) is 48.5 Å². The van der Waals surface area contributed by atoms with Crippen molar-refractivity contribution in [3.8, 4) is 0 Å². The minimum atomic E-state index is 0. The molecule has 6 rings (SSSR count). The molecule has 0 saturated carbocycles. The van der Waals surface area contributed by atoms with Crippen LogP contribution in [0.2, 0.25) is 0 Å². The fourth-order valence-corrected chi connectivity index (χ4v) is 5.41. The summed E-state index contributed by atoms with van der Waals surface area (Å²) >= 11 is 3.11. The summed E-state index contributed by atoms with van der Waals surface area (Å²) in [5, 5.41) is 5.50. The van der Waals surface area contributed by atoms with E-state index in [0.717, 1.165) is 12.8 Å². The fraction of sp³-hybridized carbons (Fsp3) is 0.440. The molecule has 0 unspecified atom stereocenters. The number of halogens is 2. The number of rotatable bonds is 0. The van der Waals surface area contributed by atoms with Gasteiger partial charge in [0, 0.05) is 0 Å². The zero-order chi connectivity index (χ0) is 39.9. The average Bonchev–Trinajstić information content (AvgIpc) is 3.83. The second kappa shape index (κ2) is 25.1. The number of allylic oxidation sites excluding steroid dienone is 8. The van der Waals surface area contributed by atoms with Gasteiger partial charge in [0.15, 0.2) is 0 Å². The third-order valence-electron chi connectivity index (χ3n) is 8.29. The molecule has 4 heteroatoms. The second-order valence-electron chi connectivity index (χ2n) is 18.1. The van der Waals surface area contributed by atoms with Crippen molar-refractivity contribution in [3.63, 3.8) is 0 Å². The quantitative estimate of drug-likeness (QED) is 0.155. The molecule has 4 aromatic carbocycles. The molecule has 0 spiro atoms. The molecule has 292 valence electrons. The Labute approximate surface area is 374 Å². The van der Waals surface area contributed by atoms with Crippen LogP contribution in [-0.2, 0) is 59.3 Å². The van der Waals surface area contributed by atoms with E-state index in [1.165, 1.54) is 50.2 Å². The predicted octanol–water partition coefficient (Wildman–Crippen LogP) is 8.66. The van der Waals surface area contributed by atoms with Crippen LogP contribution in [0.15, 0.2) is 108 Å². The standard InChI is InChI=1S/2C13H15.2C9H13.2C3H6.2ClH.2Zr/c2*1-13(2,3)12-9-8-10-6-4-5-7-11(10)12;2*1-9(2,3)8-6-4-5-7-8;2*1-3-2;;;;/h2*4-9H,1-3H3;2*4,6H,7H2,1-3H3;2*1-2H3;2*1H;;/q4*-1;;;;;2*+2/p-2. The van der Waals surface area contributed by atoms with E-state index in [-0.39, 0.29) is 35.6 Å². The maximum absolute atomic E-state index is 3.16. The van der Waals surface area contributed by atoms with Crippen LogP contribution in [0.1, 0.15) is 135 Å². The van der Waals surface area contributed by atoms with Crippen molar-refractivity contribution in [2.75, 3.05) is 0 Å². The van der Waals surface area contributed by atoms with Gasteiger partial charge >= 0.3 is 82.6 Å². The summed E-state index contributed by atoms with van der Waals surface area (Å²) in [6.45, 7) is 35.5. The number of fused-ring (bicyclic) bond motifs is 2. The fourth-order valence-electron chi connectivity index (χ4n) is 5.41. The summed E-state index contributed by atoms with van der Waals surface area (Å²) in [6, 6.07) is 26.0. The van der Waals surface area contributed by atoms with Gasteiger partial charge in [0.2, 0.25) is 0 Å². The first-order valence-electron chi connectivity index (χ1n) is 18.7. The minimum Gasteiger partial charge on any atom is -1.00 e. The number of hydrogen-bond donors (Lipinski definition) is 0. The van der Waals surface area contributed by atoms with Crippen molar-refractivity contribution < 1.29 is 73.3 Å². The van der Waals surface area contributed by atoms with Gasteiger partial charge in [0.25, 0.3) is 0 Å². The Morgan fingerprint density at radius 2 is 0.778 bits per heavy atom. The van der Waals surface area contributed by atoms with Crippen molar-refractivity contribution >= 4 is 28.0 Å². The minimum absolute atomic E-state index is 0. The maximum Gasteiger partial charge on any atom is -1.00 e. The van der Waals surface area contributed by atoms with Gasteiger partial charge in [-0.3, -0.25) is 12.2 Å². The molecule has 0 bridgehead atoms. The molecular formula is C50H68Cl2Zr2-2. The van der Waals surface area contributed by atoms with Crippen LogP contribution < -0.4 is 24.8 Å². The molecule has 0 fully saturated rings. The third-order valence-corrected chi connectivity index (χ3v) is 8.29. The van der Waals surface area contributed by atoms with Crippen LogP contribution in [-0.4, -0.2) is 6.41 Å². The van der Waals surface area contributed by atoms with Crippen molar-refractivity contribution in [3.05, 3.63) is 132 Å². The monoisotopic (exact) mass is 918 g/mol. The Bertz CT molecular complexity index is 1680. The van der Waals surface area contributed by atoms with E-state index in [2.05, 4.69) is 208 Å². The largest absolute Gasteiger partial charge is 1.00 e. The van der Waals surface area contributed by atoms with Gasteiger partial charge < -0.3 is 24.8 Å². The van der Waals surface area contributed by atoms with Crippen molar-refractivity contribution in [2.45, 2.75) is 134 Å². The van der Waals surface area contributed by atoms with E-state index < -0.39 is 0 Å². The summed E-state index contributed by atoms with van der Waals surface area (Å²) in [7, 11) is 0. The SMILES string of the molecule is CC(C)(C)C1=CC=[C-]C1.CC(C)(C)C1=CC=[C-]C1.CC(C)(C)c1c[cH-]c2ccccc12.CC(C)(C)c1c[cH-]c2ccccc12.C[C](C)=[Zr+2].C[C](C)=[Zr+2].[Cl-].[Cl-]. The molecule has 0 aliphatic heterocycles. The second-order valence-corrected chi connectivity index (χ2v) is 23.1. The van der Waals surface area contributed by atoms with Crippen LogP contribution in [0.3, 0.4) is 0 Å². The van der Waals surface area contributed by atoms with Gasteiger partial charge in [0.1, 0.15) is 0 Å². The Balaban J connectivity index is 0. The molecular weight excluding hydrogens is 854 g/mol. The molecule has 0 N–H and O–H groups in total. The van der Waals surface area contributed by atoms with E-state index in [9.17, 15) is 0 Å². The van der Waals surface area contributed by atoms with Crippen molar-refractivity contribution in [1.82, 2.24) is 0 Å². The summed E-state index contributed by atoms with van der Waals surface area (Å²) in [6.07, 6.45) is 16.7. The van der Waals surface area contributed by atoms with E-state index in [4.69, 9.17) is 0 Å². The molecule has 0 radical (unpaired) electrons. The van der Waals surface area contributed by atoms with E-state index >= 15 is 0 Å². The number of hydrogen-bond acceptors (Lipinski definition) is 0. The van der Waals surface area contributed by atoms with Gasteiger partial charge in [-0.25, -0.2) is 24.3 Å². The van der Waals surface area contributed by atoms with Crippen LogP contribution in [0.25, 0.3) is 21.5 Å². The predicted molar refractivity (Wildman–Crippen MR) is 229 cm³/mol. The molecule has 2 aliphatic rings. The van der Waals surface area contributed by atoms with Crippen molar-refractivity contribution in [1.29, 1.82) is 0 Å². The summed E-state index contributed by atoms with van der Waals surface area (Å²) in [5.41, 5.74) is 7.07. The molecule has 0 saturated heterocycles. The van der Waals surface area contributed by atoms with E-state index in [0.29, 0.717) is 10.8 Å². The first-order valence-corrected chi connectivity index (χ1v) is 21.2. The molecule has 2 aliphatic carbocycles. The molecule has 0 heterocycles. The zero-order valence-electron chi connectivity index (χ0n) is 36.4. The Morgan fingerprint density at radius 1 is 0.500 bits per heavy atom.